The molecule has 1 aromatic rings. The van der Waals surface area contributed by atoms with Crippen LogP contribution in [-0.2, 0) is 11.0 Å². The zero-order valence-electron chi connectivity index (χ0n) is 10.6. The van der Waals surface area contributed by atoms with Gasteiger partial charge in [0.05, 0.1) is 22.2 Å². The minimum absolute atomic E-state index is 0.114. The molecule has 20 heavy (non-hydrogen) atoms. The lowest BCUT2D eigenvalue weighted by Gasteiger charge is -2.22. The van der Waals surface area contributed by atoms with Crippen molar-refractivity contribution in [3.05, 3.63) is 28.8 Å². The molecule has 110 valence electrons. The van der Waals surface area contributed by atoms with Crippen LogP contribution in [0.3, 0.4) is 0 Å². The lowest BCUT2D eigenvalue weighted by Crippen LogP contribution is -2.37. The van der Waals surface area contributed by atoms with Gasteiger partial charge in [-0.25, -0.2) is 0 Å². The van der Waals surface area contributed by atoms with Gasteiger partial charge in [-0.15, -0.1) is 0 Å². The van der Waals surface area contributed by atoms with Crippen LogP contribution in [0.5, 0.6) is 0 Å². The molecule has 1 amide bonds. The molecule has 1 atom stereocenters. The summed E-state index contributed by atoms with van der Waals surface area (Å²) in [6.45, 7) is 1.45. The normalized spacial score (nSPS) is 19.7. The molecule has 1 fully saturated rings. The molecule has 2 N–H and O–H groups in total. The van der Waals surface area contributed by atoms with E-state index in [2.05, 4.69) is 10.6 Å². The van der Waals surface area contributed by atoms with E-state index in [0.717, 1.165) is 31.5 Å². The minimum Gasteiger partial charge on any atom is -0.324 e. The van der Waals surface area contributed by atoms with E-state index in [1.54, 1.807) is 0 Å². The molecule has 0 aromatic heterocycles. The Balaban J connectivity index is 2.08. The maximum absolute atomic E-state index is 12.5. The van der Waals surface area contributed by atoms with Gasteiger partial charge in [0.15, 0.2) is 0 Å². The molecular formula is C13H14ClF3N2O. The molecule has 0 unspecified atom stereocenters. The fourth-order valence-corrected chi connectivity index (χ4v) is 2.33. The summed E-state index contributed by atoms with van der Waals surface area (Å²) in [5.41, 5.74) is -0.630. The van der Waals surface area contributed by atoms with Gasteiger partial charge in [-0.1, -0.05) is 11.6 Å². The third kappa shape index (κ3) is 3.64. The summed E-state index contributed by atoms with van der Waals surface area (Å²) in [6.07, 6.45) is -2.78. The first kappa shape index (κ1) is 15.1. The molecule has 0 spiro atoms. The molecule has 0 radical (unpaired) electrons. The Bertz CT molecular complexity index is 499. The van der Waals surface area contributed by atoms with E-state index in [4.69, 9.17) is 11.6 Å². The molecular weight excluding hydrogens is 293 g/mol. The van der Waals surface area contributed by atoms with Crippen molar-refractivity contribution in [2.45, 2.75) is 19.0 Å². The van der Waals surface area contributed by atoms with E-state index in [1.165, 1.54) is 6.07 Å². The molecule has 0 bridgehead atoms. The van der Waals surface area contributed by atoms with E-state index in [9.17, 15) is 18.0 Å². The van der Waals surface area contributed by atoms with Crippen molar-refractivity contribution in [1.82, 2.24) is 5.32 Å². The van der Waals surface area contributed by atoms with Crippen LogP contribution in [-0.4, -0.2) is 19.0 Å². The van der Waals surface area contributed by atoms with Crippen molar-refractivity contribution >= 4 is 23.2 Å². The zero-order chi connectivity index (χ0) is 14.8. The summed E-state index contributed by atoms with van der Waals surface area (Å²) in [6, 6.07) is 2.90. The average molecular weight is 307 g/mol. The number of piperidine rings is 1. The van der Waals surface area contributed by atoms with Crippen molar-refractivity contribution in [1.29, 1.82) is 0 Å². The van der Waals surface area contributed by atoms with Gasteiger partial charge < -0.3 is 10.6 Å². The summed E-state index contributed by atoms with van der Waals surface area (Å²) < 4.78 is 37.5. The third-order valence-corrected chi connectivity index (χ3v) is 3.53. The Morgan fingerprint density at radius 1 is 1.40 bits per heavy atom. The van der Waals surface area contributed by atoms with Crippen LogP contribution in [0.1, 0.15) is 18.4 Å². The number of carbonyl (C=O) groups is 1. The van der Waals surface area contributed by atoms with Crippen LogP contribution in [0.15, 0.2) is 18.2 Å². The highest BCUT2D eigenvalue weighted by Crippen LogP contribution is 2.33. The second-order valence-corrected chi connectivity index (χ2v) is 5.13. The Morgan fingerprint density at radius 3 is 2.70 bits per heavy atom. The number of halogens is 4. The van der Waals surface area contributed by atoms with Gasteiger partial charge in [-0.2, -0.15) is 13.2 Å². The Hall–Kier alpha value is -1.27. The number of alkyl halides is 3. The molecule has 1 aromatic carbocycles. The predicted molar refractivity (Wildman–Crippen MR) is 70.7 cm³/mol. The topological polar surface area (TPSA) is 41.1 Å². The average Bonchev–Trinajstić information content (AvgIpc) is 2.41. The largest absolute Gasteiger partial charge is 0.416 e. The number of hydrogen-bond donors (Lipinski definition) is 2. The summed E-state index contributed by atoms with van der Waals surface area (Å²) in [5, 5.41) is 5.57. The minimum atomic E-state index is -4.44. The van der Waals surface area contributed by atoms with Gasteiger partial charge in [0.2, 0.25) is 5.91 Å². The van der Waals surface area contributed by atoms with E-state index in [0.29, 0.717) is 6.54 Å². The quantitative estimate of drug-likeness (QED) is 0.880. The molecule has 1 aliphatic rings. The van der Waals surface area contributed by atoms with E-state index >= 15 is 0 Å². The number of anilines is 1. The summed E-state index contributed by atoms with van der Waals surface area (Å²) in [5.74, 6) is -0.402. The Labute approximate surface area is 119 Å². The standard InChI is InChI=1S/C13H14ClF3N2O/c14-10-6-9(13(15,16)17)3-4-11(10)19-12(20)8-2-1-5-18-7-8/h3-4,6,8,18H,1-2,5,7H2,(H,19,20)/t8-/m0/s1. The van der Waals surface area contributed by atoms with Crippen molar-refractivity contribution in [2.24, 2.45) is 5.92 Å². The molecule has 7 heteroatoms. The fourth-order valence-electron chi connectivity index (χ4n) is 2.10. The molecule has 1 heterocycles. The summed E-state index contributed by atoms with van der Waals surface area (Å²) >= 11 is 5.79. The van der Waals surface area contributed by atoms with Gasteiger partial charge in [0, 0.05) is 6.54 Å². The molecule has 0 aliphatic carbocycles. The van der Waals surface area contributed by atoms with Gasteiger partial charge in [-0.3, -0.25) is 4.79 Å². The first-order valence-corrected chi connectivity index (χ1v) is 6.64. The highest BCUT2D eigenvalue weighted by Gasteiger charge is 2.31. The van der Waals surface area contributed by atoms with Crippen LogP contribution in [0, 0.1) is 5.92 Å². The number of hydrogen-bond acceptors (Lipinski definition) is 2. The van der Waals surface area contributed by atoms with E-state index in [-0.39, 0.29) is 22.5 Å². The molecule has 1 aliphatic heterocycles. The summed E-state index contributed by atoms with van der Waals surface area (Å²) in [7, 11) is 0. The number of rotatable bonds is 2. The molecule has 3 nitrogen and oxygen atoms in total. The molecule has 1 saturated heterocycles. The van der Waals surface area contributed by atoms with Gasteiger partial charge in [0.1, 0.15) is 0 Å². The highest BCUT2D eigenvalue weighted by molar-refractivity contribution is 6.33. The monoisotopic (exact) mass is 306 g/mol. The van der Waals surface area contributed by atoms with Crippen LogP contribution in [0.2, 0.25) is 5.02 Å². The van der Waals surface area contributed by atoms with Crippen molar-refractivity contribution in [3.63, 3.8) is 0 Å². The Morgan fingerprint density at radius 2 is 2.15 bits per heavy atom. The first-order chi connectivity index (χ1) is 9.38. The maximum atomic E-state index is 12.5. The SMILES string of the molecule is O=C(Nc1ccc(C(F)(F)F)cc1Cl)[C@H]1CCCNC1. The highest BCUT2D eigenvalue weighted by atomic mass is 35.5. The number of benzene rings is 1. The molecule has 0 saturated carbocycles. The number of amides is 1. The first-order valence-electron chi connectivity index (χ1n) is 6.26. The second kappa shape index (κ2) is 6.01. The third-order valence-electron chi connectivity index (χ3n) is 3.22. The van der Waals surface area contributed by atoms with E-state index < -0.39 is 11.7 Å². The van der Waals surface area contributed by atoms with Gasteiger partial charge in [0.25, 0.3) is 0 Å². The second-order valence-electron chi connectivity index (χ2n) is 4.72. The van der Waals surface area contributed by atoms with Crippen molar-refractivity contribution < 1.29 is 18.0 Å². The van der Waals surface area contributed by atoms with Crippen LogP contribution < -0.4 is 10.6 Å². The van der Waals surface area contributed by atoms with Crippen LogP contribution in [0.4, 0.5) is 18.9 Å². The number of carbonyl (C=O) groups excluding carboxylic acids is 1. The fraction of sp³-hybridized carbons (Fsp3) is 0.462. The molecule has 2 rings (SSSR count). The van der Waals surface area contributed by atoms with Crippen LogP contribution >= 0.6 is 11.6 Å². The lowest BCUT2D eigenvalue weighted by atomic mass is 9.99. The maximum Gasteiger partial charge on any atom is 0.416 e. The Kier molecular flexibility index (Phi) is 4.55. The van der Waals surface area contributed by atoms with E-state index in [1.807, 2.05) is 0 Å². The van der Waals surface area contributed by atoms with Gasteiger partial charge in [-0.05, 0) is 37.6 Å². The zero-order valence-corrected chi connectivity index (χ0v) is 11.3. The number of nitrogens with one attached hydrogen (secondary N) is 2. The summed E-state index contributed by atoms with van der Waals surface area (Å²) in [4.78, 5) is 12.0. The van der Waals surface area contributed by atoms with Crippen molar-refractivity contribution in [3.8, 4) is 0 Å². The van der Waals surface area contributed by atoms with Crippen molar-refractivity contribution in [2.75, 3.05) is 18.4 Å². The predicted octanol–water partition coefficient (Wildman–Crippen LogP) is 3.30. The lowest BCUT2D eigenvalue weighted by molar-refractivity contribution is -0.137. The van der Waals surface area contributed by atoms with Crippen LogP contribution in [0.25, 0.3) is 0 Å². The van der Waals surface area contributed by atoms with Gasteiger partial charge >= 0.3 is 6.18 Å². The smallest absolute Gasteiger partial charge is 0.324 e.